The first-order valence-corrected chi connectivity index (χ1v) is 23.7. The molecule has 4 heterocycles. The number of hydrogen-bond donors (Lipinski definition) is 4. The van der Waals surface area contributed by atoms with Crippen molar-refractivity contribution in [2.75, 3.05) is 36.2 Å². The third-order valence-electron chi connectivity index (χ3n) is 10.7. The SMILES string of the molecule is C[C@H]1CC[C@H](c2ccc(S(C)(=O)=O)cc2)NC1.Cc1cc(NC(=O)C(=O)N2C[C@@H](C)CC[C@@H]2c2ccc(S(C)(=O)=O)cc2)cnc1C.Cc1cc(NC(=O)C(=O)O)cnc1C. The summed E-state index contributed by atoms with van der Waals surface area (Å²) in [6.45, 7) is 13.2. The Morgan fingerprint density at radius 3 is 1.56 bits per heavy atom. The Morgan fingerprint density at radius 2 is 1.13 bits per heavy atom. The van der Waals surface area contributed by atoms with Gasteiger partial charge in [-0.3, -0.25) is 24.4 Å². The Kier molecular flexibility index (Phi) is 16.4. The molecule has 0 unspecified atom stereocenters. The zero-order valence-electron chi connectivity index (χ0n) is 35.9. The molecule has 6 rings (SSSR count). The molecule has 4 aromatic rings. The van der Waals surface area contributed by atoms with Crippen LogP contribution in [0.25, 0.3) is 0 Å². The monoisotopic (exact) mass is 876 g/mol. The quantitative estimate of drug-likeness (QED) is 0.166. The van der Waals surface area contributed by atoms with Gasteiger partial charge in [0, 0.05) is 36.5 Å². The van der Waals surface area contributed by atoms with Crippen LogP contribution in [0, 0.1) is 39.5 Å². The van der Waals surface area contributed by atoms with Gasteiger partial charge in [0.1, 0.15) is 0 Å². The molecule has 2 aromatic carbocycles. The van der Waals surface area contributed by atoms with E-state index in [-0.39, 0.29) is 16.9 Å². The summed E-state index contributed by atoms with van der Waals surface area (Å²) in [7, 11) is -6.37. The van der Waals surface area contributed by atoms with Gasteiger partial charge in [0.15, 0.2) is 19.7 Å². The van der Waals surface area contributed by atoms with Crippen molar-refractivity contribution in [1.82, 2.24) is 20.2 Å². The fourth-order valence-corrected chi connectivity index (χ4v) is 8.07. The van der Waals surface area contributed by atoms with Crippen LogP contribution in [0.1, 0.15) is 85.3 Å². The van der Waals surface area contributed by atoms with Gasteiger partial charge in [-0.15, -0.1) is 0 Å². The predicted molar refractivity (Wildman–Crippen MR) is 233 cm³/mol. The zero-order valence-corrected chi connectivity index (χ0v) is 37.5. The van der Waals surface area contributed by atoms with Gasteiger partial charge in [0.2, 0.25) is 0 Å². The van der Waals surface area contributed by atoms with Crippen LogP contribution in [0.4, 0.5) is 11.4 Å². The van der Waals surface area contributed by atoms with E-state index in [1.807, 2.05) is 39.8 Å². The second-order valence-electron chi connectivity index (χ2n) is 15.9. The number of carbonyl (C=O) groups excluding carboxylic acids is 3. The van der Waals surface area contributed by atoms with E-state index in [0.717, 1.165) is 59.6 Å². The molecule has 2 aromatic heterocycles. The van der Waals surface area contributed by atoms with E-state index in [2.05, 4.69) is 39.8 Å². The maximum Gasteiger partial charge on any atom is 0.394 e. The Morgan fingerprint density at radius 1 is 0.672 bits per heavy atom. The van der Waals surface area contributed by atoms with E-state index in [4.69, 9.17) is 5.11 Å². The maximum atomic E-state index is 13.0. The second kappa shape index (κ2) is 20.8. The number of pyridine rings is 2. The summed E-state index contributed by atoms with van der Waals surface area (Å²) in [5, 5.41) is 16.7. The number of nitrogens with one attached hydrogen (secondary N) is 3. The smallest absolute Gasteiger partial charge is 0.394 e. The van der Waals surface area contributed by atoms with Crippen LogP contribution < -0.4 is 16.0 Å². The minimum absolute atomic E-state index is 0.230. The molecule has 328 valence electrons. The number of nitrogens with zero attached hydrogens (tertiary/aromatic N) is 3. The zero-order chi connectivity index (χ0) is 45.2. The molecule has 0 spiro atoms. The normalized spacial score (nSPS) is 18.9. The number of carboxylic acids is 1. The molecule has 0 aliphatic carbocycles. The molecule has 0 radical (unpaired) electrons. The molecule has 2 fully saturated rings. The highest BCUT2D eigenvalue weighted by Crippen LogP contribution is 2.34. The van der Waals surface area contributed by atoms with E-state index in [9.17, 15) is 36.0 Å². The molecule has 2 aliphatic rings. The second-order valence-corrected chi connectivity index (χ2v) is 20.0. The lowest BCUT2D eigenvalue weighted by atomic mass is 9.90. The molecule has 0 saturated carbocycles. The van der Waals surface area contributed by atoms with Crippen molar-refractivity contribution in [3.8, 4) is 0 Å². The minimum Gasteiger partial charge on any atom is -0.474 e. The topological polar surface area (TPSA) is 222 Å². The van der Waals surface area contributed by atoms with Gasteiger partial charge < -0.3 is 26.0 Å². The summed E-state index contributed by atoms with van der Waals surface area (Å²) < 4.78 is 46.1. The van der Waals surface area contributed by atoms with Gasteiger partial charge in [-0.25, -0.2) is 21.6 Å². The van der Waals surface area contributed by atoms with Crippen molar-refractivity contribution in [1.29, 1.82) is 0 Å². The number of hydrogen-bond acceptors (Lipinski definition) is 11. The number of carbonyl (C=O) groups is 4. The van der Waals surface area contributed by atoms with Crippen molar-refractivity contribution < 1.29 is 41.1 Å². The summed E-state index contributed by atoms with van der Waals surface area (Å²) in [4.78, 5) is 57.1. The number of sulfone groups is 2. The molecule has 2 aliphatic heterocycles. The summed E-state index contributed by atoms with van der Waals surface area (Å²) >= 11 is 0. The molecule has 0 bridgehead atoms. The summed E-state index contributed by atoms with van der Waals surface area (Å²) in [5.41, 5.74) is 6.41. The first-order chi connectivity index (χ1) is 28.5. The van der Waals surface area contributed by atoms with E-state index in [0.29, 0.717) is 35.3 Å². The number of anilines is 2. The van der Waals surface area contributed by atoms with Crippen LogP contribution in [0.2, 0.25) is 0 Å². The molecule has 2 saturated heterocycles. The maximum absolute atomic E-state index is 13.0. The Balaban J connectivity index is 0.000000223. The van der Waals surface area contributed by atoms with E-state index in [1.165, 1.54) is 30.6 Å². The lowest BCUT2D eigenvalue weighted by Crippen LogP contribution is -2.46. The lowest BCUT2D eigenvalue weighted by molar-refractivity contribution is -0.147. The van der Waals surface area contributed by atoms with Crippen molar-refractivity contribution in [3.63, 3.8) is 0 Å². The number of amides is 3. The Bertz CT molecular complexity index is 2430. The average Bonchev–Trinajstić information content (AvgIpc) is 3.20. The molecule has 15 nitrogen and oxygen atoms in total. The minimum atomic E-state index is -3.29. The Hall–Kier alpha value is -5.52. The van der Waals surface area contributed by atoms with Crippen LogP contribution >= 0.6 is 0 Å². The fraction of sp³-hybridized carbons (Fsp3) is 0.409. The number of benzene rings is 2. The fourth-order valence-electron chi connectivity index (χ4n) is 6.81. The van der Waals surface area contributed by atoms with Crippen LogP contribution in [0.15, 0.2) is 82.8 Å². The van der Waals surface area contributed by atoms with Crippen molar-refractivity contribution in [2.45, 2.75) is 89.1 Å². The summed E-state index contributed by atoms with van der Waals surface area (Å²) in [6, 6.07) is 17.3. The van der Waals surface area contributed by atoms with Crippen molar-refractivity contribution in [2.24, 2.45) is 11.8 Å². The highest BCUT2D eigenvalue weighted by atomic mass is 32.2. The number of likely N-dealkylation sites (tertiary alicyclic amines) is 1. The number of carboxylic acid groups (broad SMARTS) is 1. The van der Waals surface area contributed by atoms with E-state index < -0.39 is 43.4 Å². The standard InChI is InChI=1S/C22H27N3O4S.C13H19NO2S.C9H10N2O3/c1-14-5-10-20(17-6-8-19(9-7-17)30(4,28)29)25(13-14)22(27)21(26)24-18-11-15(2)16(3)23-12-18;1-10-3-8-13(14-9-10)11-4-6-12(7-5-11)17(2,15)16;1-5-3-7(4-10-6(5)2)11-8(12)9(13)14/h6-9,11-12,14,20H,5,10,13H2,1-4H3,(H,24,26);4-7,10,13-14H,3,8-9H2,1-2H3;3-4H,1-2H3,(H,11,12)(H,13,14)/t14-,20+;10-,13+;/m00./s1. The molecule has 4 N–H and O–H groups in total. The highest BCUT2D eigenvalue weighted by Gasteiger charge is 2.34. The van der Waals surface area contributed by atoms with Gasteiger partial charge in [-0.05, 0) is 130 Å². The number of aliphatic carboxylic acids is 1. The highest BCUT2D eigenvalue weighted by molar-refractivity contribution is 7.91. The van der Waals surface area contributed by atoms with Gasteiger partial charge in [-0.2, -0.15) is 0 Å². The van der Waals surface area contributed by atoms with Crippen molar-refractivity contribution >= 4 is 54.7 Å². The molecule has 17 heteroatoms. The number of aryl methyl sites for hydroxylation is 4. The number of piperidine rings is 2. The van der Waals surface area contributed by atoms with Crippen LogP contribution in [-0.2, 0) is 38.9 Å². The van der Waals surface area contributed by atoms with Gasteiger partial charge >= 0.3 is 23.7 Å². The molecule has 3 amide bonds. The van der Waals surface area contributed by atoms with E-state index in [1.54, 1.807) is 53.4 Å². The third kappa shape index (κ3) is 14.0. The predicted octanol–water partition coefficient (Wildman–Crippen LogP) is 5.91. The molecule has 61 heavy (non-hydrogen) atoms. The number of rotatable bonds is 6. The number of aromatic nitrogens is 2. The van der Waals surface area contributed by atoms with Gasteiger partial charge in [-0.1, -0.05) is 38.1 Å². The summed E-state index contributed by atoms with van der Waals surface area (Å²) in [6.07, 6.45) is 9.34. The van der Waals surface area contributed by atoms with Crippen LogP contribution in [0.5, 0.6) is 0 Å². The van der Waals surface area contributed by atoms with Gasteiger partial charge in [0.25, 0.3) is 0 Å². The lowest BCUT2D eigenvalue weighted by Gasteiger charge is -2.38. The van der Waals surface area contributed by atoms with Crippen LogP contribution in [0.3, 0.4) is 0 Å². The van der Waals surface area contributed by atoms with Crippen molar-refractivity contribution in [3.05, 3.63) is 107 Å². The third-order valence-corrected chi connectivity index (χ3v) is 13.0. The average molecular weight is 877 g/mol. The largest absolute Gasteiger partial charge is 0.474 e. The van der Waals surface area contributed by atoms with Gasteiger partial charge in [0.05, 0.1) is 39.6 Å². The molecular formula is C44H56N6O9S2. The summed E-state index contributed by atoms with van der Waals surface area (Å²) in [5.74, 6) is -2.86. The van der Waals surface area contributed by atoms with E-state index >= 15 is 0 Å². The Labute approximate surface area is 358 Å². The molecule has 4 atom stereocenters. The molecular weight excluding hydrogens is 821 g/mol. The first-order valence-electron chi connectivity index (χ1n) is 19.9. The van der Waals surface area contributed by atoms with Crippen LogP contribution in [-0.4, -0.2) is 86.1 Å². The first kappa shape index (κ1) is 48.1.